The summed E-state index contributed by atoms with van der Waals surface area (Å²) in [5.41, 5.74) is 24.8. The zero-order chi connectivity index (χ0) is 17.6. The number of benzene rings is 1. The first-order chi connectivity index (χ1) is 10.8. The molecule has 0 atom stereocenters. The molecular weight excluding hydrogens is 296 g/mol. The van der Waals surface area contributed by atoms with Gasteiger partial charge in [0, 0.05) is 11.1 Å². The fraction of sp³-hybridized carbons (Fsp3) is 0.286. The monoisotopic (exact) mass is 318 g/mol. The molecule has 0 aliphatic rings. The molecule has 0 aliphatic heterocycles. The number of ether oxygens (including phenoxy) is 1. The molecule has 0 spiro atoms. The molecule has 9 nitrogen and oxygen atoms in total. The topological polar surface area (TPSA) is 163 Å². The van der Waals surface area contributed by atoms with E-state index in [1.165, 1.54) is 0 Å². The SMILES string of the molecule is COc1c(/C(C)=N/N=C(N)N)cc(C)cc1/C(C)=N/N=C(N)N. The Labute approximate surface area is 134 Å². The van der Waals surface area contributed by atoms with Gasteiger partial charge in [0.25, 0.3) is 0 Å². The minimum Gasteiger partial charge on any atom is -0.495 e. The van der Waals surface area contributed by atoms with Gasteiger partial charge in [-0.25, -0.2) is 0 Å². The Morgan fingerprint density at radius 1 is 0.826 bits per heavy atom. The number of methoxy groups -OCH3 is 1. The van der Waals surface area contributed by atoms with Crippen LogP contribution in [0.3, 0.4) is 0 Å². The molecule has 0 aliphatic carbocycles. The number of hydrogen-bond acceptors (Lipinski definition) is 5. The van der Waals surface area contributed by atoms with Crippen molar-refractivity contribution in [3.05, 3.63) is 28.8 Å². The standard InChI is InChI=1S/C14H22N8O/c1-7-5-10(8(2)19-21-13(15)16)12(23-4)11(6-7)9(3)20-22-14(17)18/h5-6H,1-4H3,(H4,15,16,21)(H4,17,18,22)/b19-8+,20-9+. The number of rotatable bonds is 5. The van der Waals surface area contributed by atoms with Gasteiger partial charge in [0.2, 0.25) is 11.9 Å². The Bertz CT molecular complexity index is 640. The highest BCUT2D eigenvalue weighted by Gasteiger charge is 2.15. The zero-order valence-corrected chi connectivity index (χ0v) is 13.7. The summed E-state index contributed by atoms with van der Waals surface area (Å²) in [5.74, 6) is 0.332. The molecular formula is C14H22N8O. The number of guanidine groups is 2. The van der Waals surface area contributed by atoms with Crippen LogP contribution in [0.2, 0.25) is 0 Å². The smallest absolute Gasteiger partial charge is 0.211 e. The average molecular weight is 318 g/mol. The van der Waals surface area contributed by atoms with Gasteiger partial charge in [0.15, 0.2) is 0 Å². The fourth-order valence-electron chi connectivity index (χ4n) is 1.90. The van der Waals surface area contributed by atoms with Gasteiger partial charge >= 0.3 is 0 Å². The van der Waals surface area contributed by atoms with Crippen LogP contribution in [0.5, 0.6) is 5.75 Å². The van der Waals surface area contributed by atoms with Crippen molar-refractivity contribution in [1.29, 1.82) is 0 Å². The van der Waals surface area contributed by atoms with E-state index in [0.717, 1.165) is 16.7 Å². The maximum Gasteiger partial charge on any atom is 0.211 e. The second-order valence-corrected chi connectivity index (χ2v) is 4.81. The molecule has 0 heterocycles. The lowest BCUT2D eigenvalue weighted by molar-refractivity contribution is 0.413. The van der Waals surface area contributed by atoms with Crippen molar-refractivity contribution in [2.45, 2.75) is 20.8 Å². The van der Waals surface area contributed by atoms with Crippen molar-refractivity contribution in [2.24, 2.45) is 43.3 Å². The van der Waals surface area contributed by atoms with E-state index in [1.54, 1.807) is 21.0 Å². The van der Waals surface area contributed by atoms with Crippen molar-refractivity contribution in [3.8, 4) is 5.75 Å². The van der Waals surface area contributed by atoms with Gasteiger partial charge in [-0.15, -0.1) is 10.2 Å². The van der Waals surface area contributed by atoms with Crippen LogP contribution in [0.1, 0.15) is 30.5 Å². The Morgan fingerprint density at radius 3 is 1.52 bits per heavy atom. The van der Waals surface area contributed by atoms with Gasteiger partial charge in [-0.05, 0) is 38.5 Å². The van der Waals surface area contributed by atoms with E-state index in [0.29, 0.717) is 17.2 Å². The van der Waals surface area contributed by atoms with Crippen molar-refractivity contribution >= 4 is 23.3 Å². The highest BCUT2D eigenvalue weighted by Crippen LogP contribution is 2.27. The Hall–Kier alpha value is -3.10. The molecule has 9 heteroatoms. The van der Waals surface area contributed by atoms with E-state index < -0.39 is 0 Å². The molecule has 0 amide bonds. The summed E-state index contributed by atoms with van der Waals surface area (Å²) >= 11 is 0. The number of nitrogens with zero attached hydrogens (tertiary/aromatic N) is 4. The molecule has 0 saturated heterocycles. The van der Waals surface area contributed by atoms with Crippen molar-refractivity contribution < 1.29 is 4.74 Å². The summed E-state index contributed by atoms with van der Waals surface area (Å²) in [5, 5.41) is 15.3. The lowest BCUT2D eigenvalue weighted by atomic mass is 9.99. The highest BCUT2D eigenvalue weighted by atomic mass is 16.5. The Morgan fingerprint density at radius 2 is 1.22 bits per heavy atom. The lowest BCUT2D eigenvalue weighted by Crippen LogP contribution is -2.22. The van der Waals surface area contributed by atoms with E-state index in [2.05, 4.69) is 20.4 Å². The van der Waals surface area contributed by atoms with E-state index in [4.69, 9.17) is 27.7 Å². The fourth-order valence-corrected chi connectivity index (χ4v) is 1.90. The largest absolute Gasteiger partial charge is 0.495 e. The molecule has 0 radical (unpaired) electrons. The Balaban J connectivity index is 3.52. The van der Waals surface area contributed by atoms with Crippen LogP contribution in [0.4, 0.5) is 0 Å². The molecule has 1 aromatic carbocycles. The summed E-state index contributed by atoms with van der Waals surface area (Å²) in [6, 6.07) is 3.83. The van der Waals surface area contributed by atoms with Crippen LogP contribution in [0, 0.1) is 6.92 Å². The molecule has 0 saturated carbocycles. The summed E-state index contributed by atoms with van der Waals surface area (Å²) in [6.45, 7) is 5.49. The van der Waals surface area contributed by atoms with Crippen molar-refractivity contribution in [3.63, 3.8) is 0 Å². The second kappa shape index (κ2) is 7.78. The first-order valence-electron chi connectivity index (χ1n) is 6.72. The summed E-state index contributed by atoms with van der Waals surface area (Å²) < 4.78 is 5.50. The molecule has 0 aromatic heterocycles. The summed E-state index contributed by atoms with van der Waals surface area (Å²) in [7, 11) is 1.55. The van der Waals surface area contributed by atoms with Gasteiger partial charge in [0.1, 0.15) is 5.75 Å². The molecule has 0 unspecified atom stereocenters. The van der Waals surface area contributed by atoms with E-state index in [1.807, 2.05) is 19.1 Å². The van der Waals surface area contributed by atoms with Crippen molar-refractivity contribution in [2.75, 3.05) is 7.11 Å². The van der Waals surface area contributed by atoms with E-state index in [9.17, 15) is 0 Å². The first kappa shape index (κ1) is 18.0. The third kappa shape index (κ3) is 4.99. The Kier molecular flexibility index (Phi) is 6.07. The van der Waals surface area contributed by atoms with E-state index in [-0.39, 0.29) is 11.9 Å². The first-order valence-corrected chi connectivity index (χ1v) is 6.72. The number of hydrogen-bond donors (Lipinski definition) is 4. The third-order valence-corrected chi connectivity index (χ3v) is 2.85. The van der Waals surface area contributed by atoms with Crippen LogP contribution in [0.25, 0.3) is 0 Å². The second-order valence-electron chi connectivity index (χ2n) is 4.81. The van der Waals surface area contributed by atoms with Crippen LogP contribution in [0.15, 0.2) is 32.5 Å². The predicted octanol–water partition coefficient (Wildman–Crippen LogP) is -0.00158. The minimum absolute atomic E-state index is 0.123. The minimum atomic E-state index is -0.123. The quantitative estimate of drug-likeness (QED) is 0.340. The number of nitrogens with two attached hydrogens (primary N) is 4. The molecule has 1 aromatic rings. The molecule has 8 N–H and O–H groups in total. The highest BCUT2D eigenvalue weighted by molar-refractivity contribution is 6.08. The van der Waals surface area contributed by atoms with Gasteiger partial charge in [-0.3, -0.25) is 0 Å². The number of aryl methyl sites for hydroxylation is 1. The maximum absolute atomic E-state index is 5.50. The molecule has 0 fully saturated rings. The maximum atomic E-state index is 5.50. The van der Waals surface area contributed by atoms with E-state index >= 15 is 0 Å². The van der Waals surface area contributed by atoms with Crippen LogP contribution < -0.4 is 27.7 Å². The molecule has 1 rings (SSSR count). The van der Waals surface area contributed by atoms with Gasteiger partial charge in [0.05, 0.1) is 18.5 Å². The zero-order valence-electron chi connectivity index (χ0n) is 13.7. The molecule has 0 bridgehead atoms. The van der Waals surface area contributed by atoms with Crippen LogP contribution in [-0.2, 0) is 0 Å². The summed E-state index contributed by atoms with van der Waals surface area (Å²) in [6.07, 6.45) is 0. The molecule has 124 valence electrons. The van der Waals surface area contributed by atoms with Gasteiger partial charge in [-0.1, -0.05) is 0 Å². The summed E-state index contributed by atoms with van der Waals surface area (Å²) in [4.78, 5) is 0. The van der Waals surface area contributed by atoms with Crippen molar-refractivity contribution in [1.82, 2.24) is 0 Å². The lowest BCUT2D eigenvalue weighted by Gasteiger charge is -2.14. The van der Waals surface area contributed by atoms with Crippen LogP contribution >= 0.6 is 0 Å². The normalized spacial score (nSPS) is 11.8. The average Bonchev–Trinajstić information content (AvgIpc) is 2.49. The molecule has 23 heavy (non-hydrogen) atoms. The predicted molar refractivity (Wildman–Crippen MR) is 93.8 cm³/mol. The van der Waals surface area contributed by atoms with Gasteiger partial charge < -0.3 is 27.7 Å². The third-order valence-electron chi connectivity index (χ3n) is 2.85. The van der Waals surface area contributed by atoms with Gasteiger partial charge in [-0.2, -0.15) is 10.2 Å². The van der Waals surface area contributed by atoms with Crippen LogP contribution in [-0.4, -0.2) is 30.5 Å².